The van der Waals surface area contributed by atoms with E-state index in [1.807, 2.05) is 6.07 Å². The van der Waals surface area contributed by atoms with Gasteiger partial charge in [-0.1, -0.05) is 18.2 Å². The lowest BCUT2D eigenvalue weighted by molar-refractivity contribution is 0.123. The topological polar surface area (TPSA) is 50.1 Å². The number of rotatable bonds is 4. The molecule has 0 atom stereocenters. The summed E-state index contributed by atoms with van der Waals surface area (Å²) in [5.41, 5.74) is 2.65. The van der Waals surface area contributed by atoms with Crippen molar-refractivity contribution in [2.75, 3.05) is 36.0 Å². The highest BCUT2D eigenvalue weighted by Gasteiger charge is 2.45. The molecule has 3 aromatic rings. The zero-order chi connectivity index (χ0) is 19.1. The highest BCUT2D eigenvalue weighted by atomic mass is 19.3. The Morgan fingerprint density at radius 1 is 1.00 bits per heavy atom. The van der Waals surface area contributed by atoms with E-state index in [1.54, 1.807) is 6.20 Å². The van der Waals surface area contributed by atoms with E-state index < -0.39 is 13.0 Å². The summed E-state index contributed by atoms with van der Waals surface area (Å²) < 4.78 is 26.7. The Bertz CT molecular complexity index is 957. The minimum Gasteiger partial charge on any atom is -0.370 e. The van der Waals surface area contributed by atoms with Gasteiger partial charge in [0.15, 0.2) is 5.65 Å². The minimum atomic E-state index is -2.46. The molecule has 0 radical (unpaired) electrons. The Morgan fingerprint density at radius 3 is 2.46 bits per heavy atom. The van der Waals surface area contributed by atoms with Crippen LogP contribution in [0.2, 0.25) is 0 Å². The fourth-order valence-electron chi connectivity index (χ4n) is 4.37. The monoisotopic (exact) mass is 384 g/mol. The summed E-state index contributed by atoms with van der Waals surface area (Å²) in [4.78, 5) is 13.6. The summed E-state index contributed by atoms with van der Waals surface area (Å²) >= 11 is 0. The van der Waals surface area contributed by atoms with E-state index in [9.17, 15) is 8.78 Å². The van der Waals surface area contributed by atoms with E-state index in [2.05, 4.69) is 49.1 Å². The number of para-hydroxylation sites is 1. The van der Waals surface area contributed by atoms with E-state index in [0.717, 1.165) is 44.8 Å². The maximum Gasteiger partial charge on any atom is 0.258 e. The standard InChI is InChI=1S/C20H22F2N6/c21-17(22)12-28-19-16(10-24-28)23-11-18(25-19)26-8-6-20(7-9-26)13-27(14-20)15-4-2-1-3-5-15/h1-5,10-11,17H,6-9,12-14H2. The molecule has 8 heteroatoms. The average Bonchev–Trinajstić information content (AvgIpc) is 3.08. The molecule has 5 rings (SSSR count). The lowest BCUT2D eigenvalue weighted by atomic mass is 9.72. The first-order valence-electron chi connectivity index (χ1n) is 9.64. The van der Waals surface area contributed by atoms with Gasteiger partial charge in [-0.15, -0.1) is 0 Å². The van der Waals surface area contributed by atoms with Crippen molar-refractivity contribution in [2.45, 2.75) is 25.8 Å². The van der Waals surface area contributed by atoms with Gasteiger partial charge < -0.3 is 9.80 Å². The molecule has 0 unspecified atom stereocenters. The molecule has 146 valence electrons. The largest absolute Gasteiger partial charge is 0.370 e. The van der Waals surface area contributed by atoms with Crippen LogP contribution in [-0.4, -0.2) is 52.4 Å². The molecule has 2 aliphatic rings. The van der Waals surface area contributed by atoms with Crippen LogP contribution in [0.3, 0.4) is 0 Å². The lowest BCUT2D eigenvalue weighted by Crippen LogP contribution is -2.60. The SMILES string of the molecule is FC(F)Cn1ncc2ncc(N3CCC4(CC3)CN(c3ccccc3)C4)nc21. The van der Waals surface area contributed by atoms with Crippen LogP contribution in [0.25, 0.3) is 11.2 Å². The second-order valence-corrected chi connectivity index (χ2v) is 7.83. The predicted octanol–water partition coefficient (Wildman–Crippen LogP) is 3.20. The van der Waals surface area contributed by atoms with Gasteiger partial charge in [0, 0.05) is 37.3 Å². The van der Waals surface area contributed by atoms with Crippen LogP contribution in [0, 0.1) is 5.41 Å². The molecule has 2 saturated heterocycles. The Balaban J connectivity index is 1.26. The molecule has 6 nitrogen and oxygen atoms in total. The van der Waals surface area contributed by atoms with Crippen molar-refractivity contribution in [1.82, 2.24) is 19.7 Å². The maximum atomic E-state index is 12.7. The van der Waals surface area contributed by atoms with E-state index >= 15 is 0 Å². The van der Waals surface area contributed by atoms with E-state index in [-0.39, 0.29) is 0 Å². The van der Waals surface area contributed by atoms with Crippen molar-refractivity contribution < 1.29 is 8.78 Å². The van der Waals surface area contributed by atoms with Crippen LogP contribution in [0.4, 0.5) is 20.3 Å². The van der Waals surface area contributed by atoms with Crippen LogP contribution in [-0.2, 0) is 6.54 Å². The Kier molecular flexibility index (Phi) is 4.14. The van der Waals surface area contributed by atoms with Crippen LogP contribution in [0.5, 0.6) is 0 Å². The molecular weight excluding hydrogens is 362 g/mol. The number of piperidine rings is 1. The van der Waals surface area contributed by atoms with Gasteiger partial charge >= 0.3 is 0 Å². The molecule has 4 heterocycles. The summed E-state index contributed by atoms with van der Waals surface area (Å²) in [6.45, 7) is 3.55. The average molecular weight is 384 g/mol. The van der Waals surface area contributed by atoms with Crippen molar-refractivity contribution in [2.24, 2.45) is 5.41 Å². The molecule has 0 N–H and O–H groups in total. The van der Waals surface area contributed by atoms with Gasteiger partial charge in [-0.25, -0.2) is 23.4 Å². The first-order chi connectivity index (χ1) is 13.6. The summed E-state index contributed by atoms with van der Waals surface area (Å²) in [6.07, 6.45) is 2.96. The van der Waals surface area contributed by atoms with Gasteiger partial charge in [0.1, 0.15) is 17.9 Å². The molecule has 0 aliphatic carbocycles. The Labute approximate surface area is 161 Å². The summed E-state index contributed by atoms with van der Waals surface area (Å²) in [7, 11) is 0. The van der Waals surface area contributed by atoms with Gasteiger partial charge in [-0.05, 0) is 25.0 Å². The van der Waals surface area contributed by atoms with Crippen molar-refractivity contribution in [3.63, 3.8) is 0 Å². The minimum absolute atomic E-state index is 0.376. The highest BCUT2D eigenvalue weighted by Crippen LogP contribution is 2.43. The number of benzene rings is 1. The highest BCUT2D eigenvalue weighted by molar-refractivity contribution is 5.71. The molecule has 0 saturated carbocycles. The quantitative estimate of drug-likeness (QED) is 0.691. The number of fused-ring (bicyclic) bond motifs is 1. The molecule has 0 bridgehead atoms. The summed E-state index contributed by atoms with van der Waals surface area (Å²) in [6, 6.07) is 10.5. The smallest absolute Gasteiger partial charge is 0.258 e. The Morgan fingerprint density at radius 2 is 1.75 bits per heavy atom. The molecule has 2 aromatic heterocycles. The van der Waals surface area contributed by atoms with Crippen LogP contribution < -0.4 is 9.80 Å². The number of hydrogen-bond acceptors (Lipinski definition) is 5. The molecule has 28 heavy (non-hydrogen) atoms. The molecule has 0 amide bonds. The van der Waals surface area contributed by atoms with Crippen molar-refractivity contribution in [3.8, 4) is 0 Å². The molecule has 1 spiro atoms. The molecular formula is C20H22F2N6. The number of nitrogens with zero attached hydrogens (tertiary/aromatic N) is 6. The number of anilines is 2. The van der Waals surface area contributed by atoms with Gasteiger partial charge in [-0.2, -0.15) is 5.10 Å². The van der Waals surface area contributed by atoms with Crippen molar-refractivity contribution >= 4 is 22.7 Å². The van der Waals surface area contributed by atoms with E-state index in [4.69, 9.17) is 0 Å². The van der Waals surface area contributed by atoms with Crippen LogP contribution in [0.15, 0.2) is 42.7 Å². The third-order valence-corrected chi connectivity index (χ3v) is 5.97. The number of halogens is 2. The van der Waals surface area contributed by atoms with Gasteiger partial charge in [-0.3, -0.25) is 0 Å². The third-order valence-electron chi connectivity index (χ3n) is 5.97. The summed E-state index contributed by atoms with van der Waals surface area (Å²) in [5.74, 6) is 0.748. The zero-order valence-corrected chi connectivity index (χ0v) is 15.5. The number of hydrogen-bond donors (Lipinski definition) is 0. The zero-order valence-electron chi connectivity index (χ0n) is 15.5. The van der Waals surface area contributed by atoms with E-state index in [0.29, 0.717) is 16.6 Å². The normalized spacial score (nSPS) is 18.8. The lowest BCUT2D eigenvalue weighted by Gasteiger charge is -2.55. The van der Waals surface area contributed by atoms with E-state index in [1.165, 1.54) is 16.6 Å². The summed E-state index contributed by atoms with van der Waals surface area (Å²) in [5, 5.41) is 3.99. The predicted molar refractivity (Wildman–Crippen MR) is 104 cm³/mol. The fourth-order valence-corrected chi connectivity index (χ4v) is 4.37. The third kappa shape index (κ3) is 3.06. The van der Waals surface area contributed by atoms with Crippen LogP contribution >= 0.6 is 0 Å². The second kappa shape index (κ2) is 6.68. The number of alkyl halides is 2. The van der Waals surface area contributed by atoms with Gasteiger partial charge in [0.2, 0.25) is 0 Å². The van der Waals surface area contributed by atoms with Crippen molar-refractivity contribution in [1.29, 1.82) is 0 Å². The van der Waals surface area contributed by atoms with Gasteiger partial charge in [0.05, 0.1) is 12.4 Å². The van der Waals surface area contributed by atoms with Crippen molar-refractivity contribution in [3.05, 3.63) is 42.7 Å². The second-order valence-electron chi connectivity index (χ2n) is 7.83. The van der Waals surface area contributed by atoms with Gasteiger partial charge in [0.25, 0.3) is 6.43 Å². The molecule has 2 aliphatic heterocycles. The first-order valence-corrected chi connectivity index (χ1v) is 9.64. The molecule has 1 aromatic carbocycles. The number of aromatic nitrogens is 4. The molecule has 2 fully saturated rings. The Hall–Kier alpha value is -2.77. The maximum absolute atomic E-state index is 12.7. The fraction of sp³-hybridized carbons (Fsp3) is 0.450. The first kappa shape index (κ1) is 17.3. The van der Waals surface area contributed by atoms with Crippen LogP contribution in [0.1, 0.15) is 12.8 Å².